The number of benzene rings is 1. The summed E-state index contributed by atoms with van der Waals surface area (Å²) in [6, 6.07) is 5.92. The van der Waals surface area contributed by atoms with Gasteiger partial charge in [-0.15, -0.1) is 0 Å². The number of piperidine rings is 1. The van der Waals surface area contributed by atoms with Gasteiger partial charge in [0.15, 0.2) is 5.65 Å². The maximum absolute atomic E-state index is 14.0. The van der Waals surface area contributed by atoms with Crippen molar-refractivity contribution in [2.45, 2.75) is 25.8 Å². The van der Waals surface area contributed by atoms with Crippen LogP contribution in [-0.4, -0.2) is 57.7 Å². The highest BCUT2D eigenvalue weighted by molar-refractivity contribution is 5.98. The molecule has 0 atom stereocenters. The summed E-state index contributed by atoms with van der Waals surface area (Å²) in [5, 5.41) is 5.47. The fourth-order valence-corrected chi connectivity index (χ4v) is 4.37. The Labute approximate surface area is 175 Å². The molecule has 0 aliphatic carbocycles. The summed E-state index contributed by atoms with van der Waals surface area (Å²) < 4.78 is 15.8. The molecule has 154 valence electrons. The van der Waals surface area contributed by atoms with Gasteiger partial charge in [0.1, 0.15) is 5.82 Å². The summed E-state index contributed by atoms with van der Waals surface area (Å²) in [5.74, 6) is -0.243. The smallest absolute Gasteiger partial charge is 0.162 e. The van der Waals surface area contributed by atoms with Crippen molar-refractivity contribution in [2.75, 3.05) is 32.1 Å². The third kappa shape index (κ3) is 3.19. The lowest BCUT2D eigenvalue weighted by Gasteiger charge is -2.36. The Kier molecular flexibility index (Phi) is 4.62. The summed E-state index contributed by atoms with van der Waals surface area (Å²) in [6.07, 6.45) is 9.82. The average molecular weight is 404 g/mol. The van der Waals surface area contributed by atoms with Crippen molar-refractivity contribution >= 4 is 22.2 Å². The minimum absolute atomic E-state index is 0.243. The molecule has 7 heteroatoms. The second-order valence-electron chi connectivity index (χ2n) is 8.30. The summed E-state index contributed by atoms with van der Waals surface area (Å²) in [5.41, 5.74) is 5.00. The molecular formula is C23H25FN6. The summed E-state index contributed by atoms with van der Waals surface area (Å²) >= 11 is 0. The zero-order valence-electron chi connectivity index (χ0n) is 17.5. The van der Waals surface area contributed by atoms with Crippen LogP contribution < -0.4 is 4.90 Å². The van der Waals surface area contributed by atoms with Crippen molar-refractivity contribution in [2.24, 2.45) is 0 Å². The Morgan fingerprint density at radius 1 is 1.07 bits per heavy atom. The number of nitrogens with zero attached hydrogens (tertiary/aromatic N) is 6. The van der Waals surface area contributed by atoms with Crippen molar-refractivity contribution < 1.29 is 4.39 Å². The van der Waals surface area contributed by atoms with Crippen LogP contribution in [0.5, 0.6) is 0 Å². The molecule has 4 heterocycles. The van der Waals surface area contributed by atoms with Gasteiger partial charge in [0.05, 0.1) is 29.8 Å². The van der Waals surface area contributed by atoms with E-state index in [4.69, 9.17) is 4.98 Å². The quantitative estimate of drug-likeness (QED) is 0.518. The number of pyridine rings is 1. The Morgan fingerprint density at radius 3 is 2.63 bits per heavy atom. The summed E-state index contributed by atoms with van der Waals surface area (Å²) in [7, 11) is 4.30. The number of aromatic nitrogens is 4. The van der Waals surface area contributed by atoms with Crippen molar-refractivity contribution in [1.82, 2.24) is 24.5 Å². The van der Waals surface area contributed by atoms with E-state index < -0.39 is 0 Å². The molecule has 1 aromatic carbocycles. The van der Waals surface area contributed by atoms with Crippen molar-refractivity contribution in [1.29, 1.82) is 0 Å². The highest BCUT2D eigenvalue weighted by atomic mass is 19.1. The van der Waals surface area contributed by atoms with E-state index in [1.807, 2.05) is 29.0 Å². The van der Waals surface area contributed by atoms with Crippen molar-refractivity contribution in [3.63, 3.8) is 0 Å². The molecule has 3 aromatic heterocycles. The van der Waals surface area contributed by atoms with Crippen LogP contribution in [0.3, 0.4) is 0 Å². The van der Waals surface area contributed by atoms with Gasteiger partial charge in [-0.05, 0) is 57.1 Å². The van der Waals surface area contributed by atoms with E-state index in [1.165, 1.54) is 6.07 Å². The van der Waals surface area contributed by atoms with Crippen LogP contribution in [0.25, 0.3) is 27.7 Å². The SMILES string of the molecule is Cc1cc2c(-c3cnn4cc(N5CCC(N(C)C)CC5)cnc34)ccnc2cc1F. The lowest BCUT2D eigenvalue weighted by molar-refractivity contribution is 0.249. The first kappa shape index (κ1) is 18.9. The average Bonchev–Trinajstić information content (AvgIpc) is 3.17. The molecule has 0 saturated carbocycles. The third-order valence-electron chi connectivity index (χ3n) is 6.21. The van der Waals surface area contributed by atoms with Gasteiger partial charge in [-0.25, -0.2) is 13.9 Å². The monoisotopic (exact) mass is 404 g/mol. The zero-order valence-corrected chi connectivity index (χ0v) is 17.5. The third-order valence-corrected chi connectivity index (χ3v) is 6.21. The first-order valence-electron chi connectivity index (χ1n) is 10.3. The van der Waals surface area contributed by atoms with E-state index in [2.05, 4.69) is 40.2 Å². The predicted octanol–water partition coefficient (Wildman–Crippen LogP) is 3.92. The predicted molar refractivity (Wildman–Crippen MR) is 117 cm³/mol. The number of halogens is 1. The Morgan fingerprint density at radius 2 is 1.87 bits per heavy atom. The summed E-state index contributed by atoms with van der Waals surface area (Å²) in [6.45, 7) is 3.81. The maximum Gasteiger partial charge on any atom is 0.162 e. The van der Waals surface area contributed by atoms with E-state index in [0.717, 1.165) is 53.8 Å². The van der Waals surface area contributed by atoms with Gasteiger partial charge in [-0.3, -0.25) is 4.98 Å². The van der Waals surface area contributed by atoms with Crippen molar-refractivity contribution in [3.8, 4) is 11.1 Å². The second-order valence-corrected chi connectivity index (χ2v) is 8.30. The van der Waals surface area contributed by atoms with Crippen LogP contribution in [0.2, 0.25) is 0 Å². The van der Waals surface area contributed by atoms with Gasteiger partial charge >= 0.3 is 0 Å². The molecule has 0 spiro atoms. The molecule has 0 unspecified atom stereocenters. The number of anilines is 1. The molecule has 5 rings (SSSR count). The van der Waals surface area contributed by atoms with Gasteiger partial charge < -0.3 is 9.80 Å². The molecule has 1 aliphatic heterocycles. The highest BCUT2D eigenvalue weighted by Gasteiger charge is 2.22. The Balaban J connectivity index is 1.51. The van der Waals surface area contributed by atoms with Gasteiger partial charge in [0.25, 0.3) is 0 Å². The van der Waals surface area contributed by atoms with E-state index in [1.54, 1.807) is 13.1 Å². The molecule has 0 amide bonds. The minimum atomic E-state index is -0.243. The lowest BCUT2D eigenvalue weighted by atomic mass is 10.0. The van der Waals surface area contributed by atoms with E-state index in [0.29, 0.717) is 17.1 Å². The van der Waals surface area contributed by atoms with Gasteiger partial charge in [0, 0.05) is 42.3 Å². The molecular weight excluding hydrogens is 379 g/mol. The first-order valence-corrected chi connectivity index (χ1v) is 10.3. The topological polar surface area (TPSA) is 49.6 Å². The minimum Gasteiger partial charge on any atom is -0.369 e. The van der Waals surface area contributed by atoms with E-state index in [-0.39, 0.29) is 5.82 Å². The van der Waals surface area contributed by atoms with Gasteiger partial charge in [-0.2, -0.15) is 5.10 Å². The van der Waals surface area contributed by atoms with Crippen LogP contribution in [0.1, 0.15) is 18.4 Å². The number of hydrogen-bond donors (Lipinski definition) is 0. The molecule has 0 radical (unpaired) electrons. The van der Waals surface area contributed by atoms with Crippen LogP contribution in [0.4, 0.5) is 10.1 Å². The number of aryl methyl sites for hydroxylation is 1. The van der Waals surface area contributed by atoms with Crippen LogP contribution in [-0.2, 0) is 0 Å². The Hall–Kier alpha value is -3.06. The maximum atomic E-state index is 14.0. The Bertz CT molecular complexity index is 1220. The van der Waals surface area contributed by atoms with E-state index in [9.17, 15) is 4.39 Å². The fraction of sp³-hybridized carbons (Fsp3) is 0.348. The molecule has 30 heavy (non-hydrogen) atoms. The molecule has 1 aliphatic rings. The molecule has 1 saturated heterocycles. The van der Waals surface area contributed by atoms with Crippen LogP contribution in [0, 0.1) is 12.7 Å². The standard InChI is InChI=1S/C23H25FN6/c1-15-10-19-18(4-7-25-22(19)11-21(15)24)20-13-27-30-14-17(12-26-23(20)30)29-8-5-16(6-9-29)28(2)3/h4,7,10-14,16H,5-6,8-9H2,1-3H3. The number of rotatable bonds is 3. The zero-order chi connectivity index (χ0) is 20.8. The molecule has 0 N–H and O–H groups in total. The lowest BCUT2D eigenvalue weighted by Crippen LogP contribution is -2.42. The largest absolute Gasteiger partial charge is 0.369 e. The van der Waals surface area contributed by atoms with Gasteiger partial charge in [-0.1, -0.05) is 0 Å². The van der Waals surface area contributed by atoms with E-state index >= 15 is 0 Å². The van der Waals surface area contributed by atoms with Gasteiger partial charge in [0.2, 0.25) is 0 Å². The number of hydrogen-bond acceptors (Lipinski definition) is 5. The normalized spacial score (nSPS) is 15.6. The molecule has 0 bridgehead atoms. The summed E-state index contributed by atoms with van der Waals surface area (Å²) in [4.78, 5) is 13.8. The van der Waals surface area contributed by atoms with Crippen LogP contribution in [0.15, 0.2) is 43.0 Å². The van der Waals surface area contributed by atoms with Crippen LogP contribution >= 0.6 is 0 Å². The molecule has 1 fully saturated rings. The fourth-order valence-electron chi connectivity index (χ4n) is 4.37. The van der Waals surface area contributed by atoms with Crippen molar-refractivity contribution in [3.05, 3.63) is 54.4 Å². The first-order chi connectivity index (χ1) is 14.5. The second kappa shape index (κ2) is 7.32. The molecule has 6 nitrogen and oxygen atoms in total. The number of fused-ring (bicyclic) bond motifs is 2. The molecule has 4 aromatic rings. The highest BCUT2D eigenvalue weighted by Crippen LogP contribution is 2.32.